The van der Waals surface area contributed by atoms with E-state index in [0.29, 0.717) is 0 Å². The van der Waals surface area contributed by atoms with Crippen molar-refractivity contribution in [1.82, 2.24) is 9.97 Å². The summed E-state index contributed by atoms with van der Waals surface area (Å²) in [5.74, 6) is 0. The summed E-state index contributed by atoms with van der Waals surface area (Å²) >= 11 is 1.66. The number of hydrogen-bond donors (Lipinski definition) is 1. The number of nitrogens with one attached hydrogen (secondary N) is 1. The SMILES string of the molecule is Cc1ccncc1N[C@@H](C)c1nccs1. The third-order valence-electron chi connectivity index (χ3n) is 2.23. The van der Waals surface area contributed by atoms with Crippen LogP contribution < -0.4 is 5.32 Å². The van der Waals surface area contributed by atoms with Crippen molar-refractivity contribution in [3.05, 3.63) is 40.6 Å². The van der Waals surface area contributed by atoms with Crippen LogP contribution in [0.2, 0.25) is 0 Å². The molecule has 3 nitrogen and oxygen atoms in total. The van der Waals surface area contributed by atoms with Gasteiger partial charge in [0.1, 0.15) is 5.01 Å². The van der Waals surface area contributed by atoms with Crippen molar-refractivity contribution in [2.75, 3.05) is 5.32 Å². The molecule has 1 atom stereocenters. The van der Waals surface area contributed by atoms with Crippen LogP contribution in [0, 0.1) is 6.92 Å². The molecule has 0 aliphatic heterocycles. The molecule has 1 N–H and O–H groups in total. The first kappa shape index (κ1) is 10.1. The van der Waals surface area contributed by atoms with E-state index in [1.165, 1.54) is 5.56 Å². The molecule has 0 bridgehead atoms. The van der Waals surface area contributed by atoms with Crippen molar-refractivity contribution in [2.24, 2.45) is 0 Å². The van der Waals surface area contributed by atoms with E-state index in [9.17, 15) is 0 Å². The fraction of sp³-hybridized carbons (Fsp3) is 0.273. The second kappa shape index (κ2) is 4.40. The predicted molar refractivity (Wildman–Crippen MR) is 63.1 cm³/mol. The smallest absolute Gasteiger partial charge is 0.115 e. The monoisotopic (exact) mass is 219 g/mol. The van der Waals surface area contributed by atoms with Gasteiger partial charge in [0.25, 0.3) is 0 Å². The molecule has 2 aromatic rings. The molecular weight excluding hydrogens is 206 g/mol. The number of nitrogens with zero attached hydrogens (tertiary/aromatic N) is 2. The Morgan fingerprint density at radius 1 is 1.40 bits per heavy atom. The number of aromatic nitrogens is 2. The number of aryl methyl sites for hydroxylation is 1. The Labute approximate surface area is 93.2 Å². The lowest BCUT2D eigenvalue weighted by molar-refractivity contribution is 0.866. The summed E-state index contributed by atoms with van der Waals surface area (Å²) in [6, 6.07) is 2.23. The van der Waals surface area contributed by atoms with E-state index in [1.54, 1.807) is 17.5 Å². The van der Waals surface area contributed by atoms with E-state index >= 15 is 0 Å². The zero-order chi connectivity index (χ0) is 10.7. The van der Waals surface area contributed by atoms with Crippen molar-refractivity contribution < 1.29 is 0 Å². The molecule has 0 amide bonds. The largest absolute Gasteiger partial charge is 0.375 e. The van der Waals surface area contributed by atoms with Gasteiger partial charge in [0.15, 0.2) is 0 Å². The average Bonchev–Trinajstić information content (AvgIpc) is 2.74. The van der Waals surface area contributed by atoms with Crippen molar-refractivity contribution in [2.45, 2.75) is 19.9 Å². The van der Waals surface area contributed by atoms with Crippen LogP contribution >= 0.6 is 11.3 Å². The molecule has 2 aromatic heterocycles. The highest BCUT2D eigenvalue weighted by Crippen LogP contribution is 2.22. The van der Waals surface area contributed by atoms with Gasteiger partial charge in [-0.2, -0.15) is 0 Å². The van der Waals surface area contributed by atoms with Crippen LogP contribution in [-0.2, 0) is 0 Å². The van der Waals surface area contributed by atoms with Crippen LogP contribution in [0.25, 0.3) is 0 Å². The lowest BCUT2D eigenvalue weighted by Crippen LogP contribution is -2.07. The summed E-state index contributed by atoms with van der Waals surface area (Å²) in [7, 11) is 0. The summed E-state index contributed by atoms with van der Waals surface area (Å²) in [6.07, 6.45) is 5.47. The summed E-state index contributed by atoms with van der Waals surface area (Å²) in [4.78, 5) is 8.38. The number of pyridine rings is 1. The Bertz CT molecular complexity index is 425. The molecule has 0 spiro atoms. The third kappa shape index (κ3) is 2.33. The molecule has 0 radical (unpaired) electrons. The number of hydrogen-bond acceptors (Lipinski definition) is 4. The van der Waals surface area contributed by atoms with Crippen molar-refractivity contribution in [3.63, 3.8) is 0 Å². The van der Waals surface area contributed by atoms with Gasteiger partial charge in [0.05, 0.1) is 17.9 Å². The Hall–Kier alpha value is -1.42. The maximum absolute atomic E-state index is 4.28. The van der Waals surface area contributed by atoms with Crippen LogP contribution in [-0.4, -0.2) is 9.97 Å². The summed E-state index contributed by atoms with van der Waals surface area (Å²) in [6.45, 7) is 4.17. The van der Waals surface area contributed by atoms with E-state index < -0.39 is 0 Å². The minimum Gasteiger partial charge on any atom is -0.375 e. The lowest BCUT2D eigenvalue weighted by Gasteiger charge is -2.13. The third-order valence-corrected chi connectivity index (χ3v) is 3.19. The molecule has 4 heteroatoms. The lowest BCUT2D eigenvalue weighted by atomic mass is 10.2. The van der Waals surface area contributed by atoms with Crippen LogP contribution in [0.3, 0.4) is 0 Å². The molecule has 2 rings (SSSR count). The van der Waals surface area contributed by atoms with Gasteiger partial charge in [-0.3, -0.25) is 4.98 Å². The molecule has 0 saturated heterocycles. The second-order valence-corrected chi connectivity index (χ2v) is 4.35. The fourth-order valence-electron chi connectivity index (χ4n) is 1.36. The highest BCUT2D eigenvalue weighted by Gasteiger charge is 2.08. The van der Waals surface area contributed by atoms with Crippen LogP contribution in [0.4, 0.5) is 5.69 Å². The first-order valence-corrected chi connectivity index (χ1v) is 5.72. The Kier molecular flexibility index (Phi) is 2.97. The summed E-state index contributed by atoms with van der Waals surface area (Å²) < 4.78 is 0. The molecule has 0 unspecified atom stereocenters. The molecule has 0 saturated carbocycles. The highest BCUT2D eigenvalue weighted by atomic mass is 32.1. The molecule has 0 fully saturated rings. The Morgan fingerprint density at radius 3 is 2.93 bits per heavy atom. The van der Waals surface area contributed by atoms with Gasteiger partial charge in [0, 0.05) is 17.8 Å². The fourth-order valence-corrected chi connectivity index (χ4v) is 2.00. The average molecular weight is 219 g/mol. The van der Waals surface area contributed by atoms with Crippen LogP contribution in [0.5, 0.6) is 0 Å². The van der Waals surface area contributed by atoms with E-state index in [0.717, 1.165) is 10.7 Å². The van der Waals surface area contributed by atoms with Gasteiger partial charge in [0.2, 0.25) is 0 Å². The van der Waals surface area contributed by atoms with Crippen molar-refractivity contribution >= 4 is 17.0 Å². The quantitative estimate of drug-likeness (QED) is 0.862. The maximum Gasteiger partial charge on any atom is 0.115 e. The molecule has 0 aliphatic rings. The van der Waals surface area contributed by atoms with Gasteiger partial charge in [-0.25, -0.2) is 4.98 Å². The van der Waals surface area contributed by atoms with Gasteiger partial charge >= 0.3 is 0 Å². The summed E-state index contributed by atoms with van der Waals surface area (Å²) in [5, 5.41) is 6.48. The zero-order valence-corrected chi connectivity index (χ0v) is 9.58. The minimum atomic E-state index is 0.230. The first-order chi connectivity index (χ1) is 7.27. The standard InChI is InChI=1S/C11H13N3S/c1-8-3-4-12-7-10(8)14-9(2)11-13-5-6-15-11/h3-7,9,14H,1-2H3/t9-/m0/s1. The Morgan fingerprint density at radius 2 is 2.27 bits per heavy atom. The van der Waals surface area contributed by atoms with Gasteiger partial charge in [-0.05, 0) is 25.5 Å². The van der Waals surface area contributed by atoms with Crippen LogP contribution in [0.15, 0.2) is 30.0 Å². The normalized spacial score (nSPS) is 12.4. The van der Waals surface area contributed by atoms with E-state index in [1.807, 2.05) is 23.8 Å². The topological polar surface area (TPSA) is 37.8 Å². The molecule has 15 heavy (non-hydrogen) atoms. The molecule has 0 aromatic carbocycles. The number of anilines is 1. The van der Waals surface area contributed by atoms with Gasteiger partial charge in [-0.15, -0.1) is 11.3 Å². The Balaban J connectivity index is 2.13. The van der Waals surface area contributed by atoms with Crippen LogP contribution in [0.1, 0.15) is 23.5 Å². The predicted octanol–water partition coefficient (Wildman–Crippen LogP) is 3.02. The number of rotatable bonds is 3. The van der Waals surface area contributed by atoms with Gasteiger partial charge in [-0.1, -0.05) is 0 Å². The van der Waals surface area contributed by atoms with Crippen molar-refractivity contribution in [1.29, 1.82) is 0 Å². The van der Waals surface area contributed by atoms with E-state index in [2.05, 4.69) is 29.1 Å². The van der Waals surface area contributed by atoms with E-state index in [4.69, 9.17) is 0 Å². The maximum atomic E-state index is 4.28. The number of thiazole rings is 1. The molecule has 78 valence electrons. The summed E-state index contributed by atoms with van der Waals surface area (Å²) in [5.41, 5.74) is 2.27. The molecular formula is C11H13N3S. The minimum absolute atomic E-state index is 0.230. The molecule has 2 heterocycles. The van der Waals surface area contributed by atoms with E-state index in [-0.39, 0.29) is 6.04 Å². The van der Waals surface area contributed by atoms with Gasteiger partial charge < -0.3 is 5.32 Å². The van der Waals surface area contributed by atoms with Crippen molar-refractivity contribution in [3.8, 4) is 0 Å². The zero-order valence-electron chi connectivity index (χ0n) is 8.77. The second-order valence-electron chi connectivity index (χ2n) is 3.43. The highest BCUT2D eigenvalue weighted by molar-refractivity contribution is 7.09. The molecule has 0 aliphatic carbocycles. The first-order valence-electron chi connectivity index (χ1n) is 4.84.